The minimum Gasteiger partial charge on any atom is -0.494 e. The molecular weight excluding hydrogens is 358 g/mol. The molecule has 4 amide bonds. The number of amides is 4. The summed E-state index contributed by atoms with van der Waals surface area (Å²) in [6, 6.07) is 12.3. The Bertz CT molecular complexity index is 939. The molecule has 4 rings (SSSR count). The summed E-state index contributed by atoms with van der Waals surface area (Å²) in [5, 5.41) is 5.10. The van der Waals surface area contributed by atoms with E-state index in [-0.39, 0.29) is 17.6 Å². The lowest BCUT2D eigenvalue weighted by Gasteiger charge is -2.25. The molecule has 0 bridgehead atoms. The fraction of sp³-hybridized carbons (Fsp3) is 0.286. The average molecular weight is 379 g/mol. The molecule has 1 saturated heterocycles. The number of imide groups is 1. The number of rotatable bonds is 4. The first-order valence-corrected chi connectivity index (χ1v) is 9.37. The second-order valence-corrected chi connectivity index (χ2v) is 6.83. The second kappa shape index (κ2) is 7.34. The molecule has 0 aliphatic carbocycles. The van der Waals surface area contributed by atoms with E-state index in [0.29, 0.717) is 24.4 Å². The van der Waals surface area contributed by atoms with Gasteiger partial charge in [-0.2, -0.15) is 0 Å². The summed E-state index contributed by atoms with van der Waals surface area (Å²) in [6.45, 7) is 3.21. The number of urea groups is 1. The van der Waals surface area contributed by atoms with Gasteiger partial charge in [-0.3, -0.25) is 14.9 Å². The van der Waals surface area contributed by atoms with Crippen LogP contribution in [0.1, 0.15) is 52.1 Å². The summed E-state index contributed by atoms with van der Waals surface area (Å²) >= 11 is 0. The molecule has 2 N–H and O–H groups in total. The van der Waals surface area contributed by atoms with Gasteiger partial charge in [0.25, 0.3) is 11.8 Å². The highest BCUT2D eigenvalue weighted by Gasteiger charge is 2.31. The zero-order valence-electron chi connectivity index (χ0n) is 15.5. The molecule has 1 unspecified atom stereocenters. The van der Waals surface area contributed by atoms with Crippen molar-refractivity contribution < 1.29 is 19.1 Å². The summed E-state index contributed by atoms with van der Waals surface area (Å²) < 4.78 is 5.48. The van der Waals surface area contributed by atoms with Crippen LogP contribution in [0.3, 0.4) is 0 Å². The zero-order valence-corrected chi connectivity index (χ0v) is 15.5. The standard InChI is InChI=1S/C21H21N3O4/c1-2-28-15-8-5-13(6-9-15)18-4-3-11-24(18)21(27)22-14-7-10-16-17(12-14)20(26)23-19(16)25/h5-10,12,18H,2-4,11H2,1H3,(H,22,27)(H,23,25,26). The Kier molecular flexibility index (Phi) is 4.73. The van der Waals surface area contributed by atoms with Crippen LogP contribution in [0.4, 0.5) is 10.5 Å². The number of carbonyl (C=O) groups is 3. The first kappa shape index (κ1) is 18.0. The predicted octanol–water partition coefficient (Wildman–Crippen LogP) is 3.34. The first-order valence-electron chi connectivity index (χ1n) is 9.37. The van der Waals surface area contributed by atoms with Gasteiger partial charge in [-0.25, -0.2) is 4.79 Å². The Morgan fingerprint density at radius 1 is 1.14 bits per heavy atom. The highest BCUT2D eigenvalue weighted by Crippen LogP contribution is 2.33. The molecule has 2 aliphatic rings. The van der Waals surface area contributed by atoms with Crippen LogP contribution < -0.4 is 15.4 Å². The molecular formula is C21H21N3O4. The van der Waals surface area contributed by atoms with E-state index in [2.05, 4.69) is 10.6 Å². The fourth-order valence-corrected chi connectivity index (χ4v) is 3.75. The first-order chi connectivity index (χ1) is 13.6. The van der Waals surface area contributed by atoms with E-state index in [0.717, 1.165) is 24.2 Å². The van der Waals surface area contributed by atoms with Crippen molar-refractivity contribution in [1.82, 2.24) is 10.2 Å². The van der Waals surface area contributed by atoms with E-state index in [1.54, 1.807) is 17.0 Å². The van der Waals surface area contributed by atoms with Gasteiger partial charge in [0.2, 0.25) is 0 Å². The van der Waals surface area contributed by atoms with Crippen molar-refractivity contribution in [2.24, 2.45) is 0 Å². The molecule has 7 heteroatoms. The maximum Gasteiger partial charge on any atom is 0.322 e. The lowest BCUT2D eigenvalue weighted by molar-refractivity contribution is 0.0879. The number of nitrogens with zero attached hydrogens (tertiary/aromatic N) is 1. The number of anilines is 1. The third-order valence-electron chi connectivity index (χ3n) is 5.08. The molecule has 1 fully saturated rings. The zero-order chi connectivity index (χ0) is 19.7. The van der Waals surface area contributed by atoms with Gasteiger partial charge < -0.3 is 15.0 Å². The van der Waals surface area contributed by atoms with Crippen molar-refractivity contribution in [1.29, 1.82) is 0 Å². The topological polar surface area (TPSA) is 87.7 Å². The largest absolute Gasteiger partial charge is 0.494 e. The van der Waals surface area contributed by atoms with Crippen LogP contribution in [0.25, 0.3) is 0 Å². The van der Waals surface area contributed by atoms with Gasteiger partial charge in [-0.1, -0.05) is 12.1 Å². The Morgan fingerprint density at radius 3 is 2.64 bits per heavy atom. The minimum atomic E-state index is -0.440. The van der Waals surface area contributed by atoms with Gasteiger partial charge in [0.05, 0.1) is 23.8 Å². The van der Waals surface area contributed by atoms with Gasteiger partial charge in [0, 0.05) is 12.2 Å². The summed E-state index contributed by atoms with van der Waals surface area (Å²) in [6.07, 6.45) is 1.81. The molecule has 0 saturated carbocycles. The van der Waals surface area contributed by atoms with E-state index < -0.39 is 11.8 Å². The quantitative estimate of drug-likeness (QED) is 0.798. The van der Waals surface area contributed by atoms with Crippen molar-refractivity contribution in [2.45, 2.75) is 25.8 Å². The van der Waals surface area contributed by atoms with Gasteiger partial charge >= 0.3 is 6.03 Å². The maximum atomic E-state index is 12.8. The van der Waals surface area contributed by atoms with Crippen LogP contribution in [0.15, 0.2) is 42.5 Å². The number of fused-ring (bicyclic) bond motifs is 1. The van der Waals surface area contributed by atoms with E-state index in [9.17, 15) is 14.4 Å². The average Bonchev–Trinajstić information content (AvgIpc) is 3.28. The fourth-order valence-electron chi connectivity index (χ4n) is 3.75. The minimum absolute atomic E-state index is 0.00465. The van der Waals surface area contributed by atoms with Crippen LogP contribution in [0.5, 0.6) is 5.75 Å². The second-order valence-electron chi connectivity index (χ2n) is 6.83. The van der Waals surface area contributed by atoms with Crippen molar-refractivity contribution in [3.05, 3.63) is 59.2 Å². The molecule has 2 heterocycles. The van der Waals surface area contributed by atoms with Crippen LogP contribution >= 0.6 is 0 Å². The third-order valence-corrected chi connectivity index (χ3v) is 5.08. The Hall–Kier alpha value is -3.35. The number of hydrogen-bond acceptors (Lipinski definition) is 4. The molecule has 1 atom stereocenters. The van der Waals surface area contributed by atoms with Gasteiger partial charge in [-0.05, 0) is 55.7 Å². The monoisotopic (exact) mass is 379 g/mol. The van der Waals surface area contributed by atoms with Crippen LogP contribution in [0.2, 0.25) is 0 Å². The van der Waals surface area contributed by atoms with Gasteiger partial charge in [0.1, 0.15) is 5.75 Å². The van der Waals surface area contributed by atoms with Crippen molar-refractivity contribution in [2.75, 3.05) is 18.5 Å². The lowest BCUT2D eigenvalue weighted by atomic mass is 10.0. The molecule has 144 valence electrons. The van der Waals surface area contributed by atoms with E-state index in [1.165, 1.54) is 6.07 Å². The normalized spacial score (nSPS) is 18.0. The maximum absolute atomic E-state index is 12.8. The highest BCUT2D eigenvalue weighted by molar-refractivity contribution is 6.22. The Balaban J connectivity index is 1.49. The number of benzene rings is 2. The molecule has 28 heavy (non-hydrogen) atoms. The Labute approximate surface area is 162 Å². The van der Waals surface area contributed by atoms with E-state index in [1.807, 2.05) is 31.2 Å². The van der Waals surface area contributed by atoms with E-state index in [4.69, 9.17) is 4.74 Å². The van der Waals surface area contributed by atoms with Crippen molar-refractivity contribution in [3.8, 4) is 5.75 Å². The summed E-state index contributed by atoms with van der Waals surface area (Å²) in [4.78, 5) is 38.1. The van der Waals surface area contributed by atoms with Gasteiger partial charge in [-0.15, -0.1) is 0 Å². The van der Waals surface area contributed by atoms with Gasteiger partial charge in [0.15, 0.2) is 0 Å². The smallest absolute Gasteiger partial charge is 0.322 e. The molecule has 0 spiro atoms. The number of nitrogens with one attached hydrogen (secondary N) is 2. The molecule has 2 aliphatic heterocycles. The SMILES string of the molecule is CCOc1ccc(C2CCCN2C(=O)Nc2ccc3c(c2)C(=O)NC3=O)cc1. The predicted molar refractivity (Wildman–Crippen MR) is 104 cm³/mol. The summed E-state index contributed by atoms with van der Waals surface area (Å²) in [5.41, 5.74) is 2.17. The van der Waals surface area contributed by atoms with Crippen molar-refractivity contribution >= 4 is 23.5 Å². The highest BCUT2D eigenvalue weighted by atomic mass is 16.5. The number of ether oxygens (including phenoxy) is 1. The lowest BCUT2D eigenvalue weighted by Crippen LogP contribution is -2.34. The summed E-state index contributed by atoms with van der Waals surface area (Å²) in [5.74, 6) is -0.0382. The molecule has 0 aromatic heterocycles. The molecule has 2 aromatic carbocycles. The summed E-state index contributed by atoms with van der Waals surface area (Å²) in [7, 11) is 0. The van der Waals surface area contributed by atoms with Crippen LogP contribution in [-0.2, 0) is 0 Å². The molecule has 0 radical (unpaired) electrons. The number of likely N-dealkylation sites (tertiary alicyclic amines) is 1. The van der Waals surface area contributed by atoms with Crippen LogP contribution in [-0.4, -0.2) is 35.9 Å². The van der Waals surface area contributed by atoms with Crippen LogP contribution in [0, 0.1) is 0 Å². The van der Waals surface area contributed by atoms with E-state index >= 15 is 0 Å². The third kappa shape index (κ3) is 3.31. The number of carbonyl (C=O) groups excluding carboxylic acids is 3. The molecule has 2 aromatic rings. The Morgan fingerprint density at radius 2 is 1.89 bits per heavy atom. The molecule has 7 nitrogen and oxygen atoms in total. The van der Waals surface area contributed by atoms with Crippen molar-refractivity contribution in [3.63, 3.8) is 0 Å². The number of hydrogen-bond donors (Lipinski definition) is 2.